The van der Waals surface area contributed by atoms with Gasteiger partial charge in [0.2, 0.25) is 0 Å². The van der Waals surface area contributed by atoms with Gasteiger partial charge in [-0.05, 0) is 12.1 Å². The normalized spacial score (nSPS) is 14.1. The van der Waals surface area contributed by atoms with Gasteiger partial charge in [0, 0.05) is 45.9 Å². The number of guanidine groups is 1. The molecular weight excluding hydrogens is 380 g/mol. The number of morpholine rings is 1. The van der Waals surface area contributed by atoms with Crippen LogP contribution in [0.1, 0.15) is 0 Å². The minimum absolute atomic E-state index is 0.558. The van der Waals surface area contributed by atoms with Crippen LogP contribution in [0.2, 0.25) is 0 Å². The molecule has 0 saturated carbocycles. The number of ether oxygens (including phenoxy) is 2. The first-order valence-corrected chi connectivity index (χ1v) is 9.00. The number of nitrogens with one attached hydrogen (secondary N) is 2. The molecule has 0 unspecified atom stereocenters. The number of carboxylic acids is 2. The zero-order valence-electron chi connectivity index (χ0n) is 16.6. The summed E-state index contributed by atoms with van der Waals surface area (Å²) in [6.07, 6.45) is 1.12. The number of aliphatic carboxylic acids is 2. The predicted molar refractivity (Wildman–Crippen MR) is 111 cm³/mol. The summed E-state index contributed by atoms with van der Waals surface area (Å²) in [5.74, 6) is -1.77. The monoisotopic (exact) mass is 408 g/mol. The van der Waals surface area contributed by atoms with E-state index in [0.717, 1.165) is 44.5 Å². The molecule has 0 amide bonds. The average molecular weight is 408 g/mol. The fraction of sp³-hybridized carbons (Fsp3) is 0.421. The third-order valence-electron chi connectivity index (χ3n) is 3.70. The van der Waals surface area contributed by atoms with Crippen LogP contribution in [0.15, 0.2) is 41.4 Å². The summed E-state index contributed by atoms with van der Waals surface area (Å²) >= 11 is 0. The zero-order chi connectivity index (χ0) is 21.5. The molecule has 1 aliphatic heterocycles. The molecule has 10 heteroatoms. The first-order valence-electron chi connectivity index (χ1n) is 9.00. The molecule has 160 valence electrons. The van der Waals surface area contributed by atoms with E-state index in [1.54, 1.807) is 14.2 Å². The average Bonchev–Trinajstić information content (AvgIpc) is 2.73. The topological polar surface area (TPSA) is 133 Å². The van der Waals surface area contributed by atoms with Crippen molar-refractivity contribution in [2.75, 3.05) is 63.8 Å². The number of nitrogens with zero attached hydrogens (tertiary/aromatic N) is 2. The van der Waals surface area contributed by atoms with Crippen molar-refractivity contribution in [2.24, 2.45) is 4.99 Å². The Morgan fingerprint density at radius 1 is 1.21 bits per heavy atom. The molecule has 1 fully saturated rings. The number of hydrogen-bond acceptors (Lipinski definition) is 6. The van der Waals surface area contributed by atoms with Crippen molar-refractivity contribution >= 4 is 29.3 Å². The standard InChI is InChI=1S/C15H24N4O2.C4H4O4/c1-16-15(17-7-10-20-2)18-13-5-3-4-6-14(13)19-8-11-21-12-9-19;5-3(6)1-2-4(7)8/h3-6H,7-12H2,1-2H3,(H2,16,17,18);1-2H,(H,5,6)(H,7,8)/b;2-1+. The van der Waals surface area contributed by atoms with Crippen molar-refractivity contribution < 1.29 is 29.3 Å². The van der Waals surface area contributed by atoms with Crippen LogP contribution in [0.25, 0.3) is 0 Å². The van der Waals surface area contributed by atoms with Gasteiger partial charge in [0.25, 0.3) is 0 Å². The van der Waals surface area contributed by atoms with E-state index in [9.17, 15) is 9.59 Å². The van der Waals surface area contributed by atoms with Crippen LogP contribution < -0.4 is 15.5 Å². The Kier molecular flexibility index (Phi) is 11.5. The van der Waals surface area contributed by atoms with E-state index < -0.39 is 11.9 Å². The van der Waals surface area contributed by atoms with E-state index in [4.69, 9.17) is 19.7 Å². The minimum atomic E-state index is -1.26. The Balaban J connectivity index is 0.000000447. The number of aliphatic imine (C=N–C) groups is 1. The molecule has 1 aromatic carbocycles. The van der Waals surface area contributed by atoms with E-state index in [-0.39, 0.29) is 0 Å². The molecule has 0 atom stereocenters. The van der Waals surface area contributed by atoms with Gasteiger partial charge in [-0.25, -0.2) is 9.59 Å². The SMILES string of the molecule is CN=C(NCCOC)Nc1ccccc1N1CCOCC1.O=C(O)/C=C/C(=O)O. The van der Waals surface area contributed by atoms with Crippen LogP contribution in [-0.2, 0) is 19.1 Å². The van der Waals surface area contributed by atoms with Gasteiger partial charge >= 0.3 is 11.9 Å². The molecular formula is C19H28N4O6. The Bertz CT molecular complexity index is 686. The van der Waals surface area contributed by atoms with Crippen LogP contribution >= 0.6 is 0 Å². The second kappa shape index (κ2) is 14.0. The summed E-state index contributed by atoms with van der Waals surface area (Å²) in [5.41, 5.74) is 2.22. The van der Waals surface area contributed by atoms with Crippen molar-refractivity contribution in [2.45, 2.75) is 0 Å². The lowest BCUT2D eigenvalue weighted by Gasteiger charge is -2.30. The second-order valence-corrected chi connectivity index (χ2v) is 5.74. The Morgan fingerprint density at radius 2 is 1.83 bits per heavy atom. The predicted octanol–water partition coefficient (Wildman–Crippen LogP) is 0.869. The summed E-state index contributed by atoms with van der Waals surface area (Å²) < 4.78 is 10.5. The van der Waals surface area contributed by atoms with Crippen molar-refractivity contribution in [1.29, 1.82) is 0 Å². The number of para-hydroxylation sites is 2. The molecule has 2 rings (SSSR count). The van der Waals surface area contributed by atoms with Crippen LogP contribution in [-0.4, -0.2) is 81.7 Å². The van der Waals surface area contributed by atoms with Gasteiger partial charge < -0.3 is 35.2 Å². The number of hydrogen-bond donors (Lipinski definition) is 4. The number of carbonyl (C=O) groups is 2. The number of rotatable bonds is 7. The van der Waals surface area contributed by atoms with Crippen LogP contribution in [0.4, 0.5) is 11.4 Å². The highest BCUT2D eigenvalue weighted by molar-refractivity contribution is 5.96. The first-order chi connectivity index (χ1) is 14.0. The van der Waals surface area contributed by atoms with Crippen LogP contribution in [0.3, 0.4) is 0 Å². The maximum absolute atomic E-state index is 9.55. The van der Waals surface area contributed by atoms with E-state index in [1.807, 2.05) is 6.07 Å². The molecule has 1 aliphatic rings. The molecule has 0 aliphatic carbocycles. The summed E-state index contributed by atoms with van der Waals surface area (Å²) in [7, 11) is 3.45. The molecule has 0 radical (unpaired) electrons. The lowest BCUT2D eigenvalue weighted by molar-refractivity contribution is -0.134. The van der Waals surface area contributed by atoms with E-state index in [1.165, 1.54) is 5.69 Å². The van der Waals surface area contributed by atoms with Gasteiger partial charge in [-0.1, -0.05) is 12.1 Å². The lowest BCUT2D eigenvalue weighted by atomic mass is 10.2. The summed E-state index contributed by atoms with van der Waals surface area (Å²) in [6.45, 7) is 4.73. The van der Waals surface area contributed by atoms with Crippen LogP contribution in [0, 0.1) is 0 Å². The Labute approximate surface area is 169 Å². The van der Waals surface area contributed by atoms with Crippen molar-refractivity contribution in [3.8, 4) is 0 Å². The van der Waals surface area contributed by atoms with Crippen molar-refractivity contribution in [1.82, 2.24) is 5.32 Å². The van der Waals surface area contributed by atoms with Crippen molar-refractivity contribution in [3.05, 3.63) is 36.4 Å². The summed E-state index contributed by atoms with van der Waals surface area (Å²) in [5, 5.41) is 22.2. The molecule has 0 spiro atoms. The smallest absolute Gasteiger partial charge is 0.328 e. The third-order valence-corrected chi connectivity index (χ3v) is 3.70. The second-order valence-electron chi connectivity index (χ2n) is 5.74. The molecule has 1 saturated heterocycles. The molecule has 4 N–H and O–H groups in total. The van der Waals surface area contributed by atoms with Gasteiger partial charge in [-0.3, -0.25) is 4.99 Å². The number of methoxy groups -OCH3 is 1. The van der Waals surface area contributed by atoms with Gasteiger partial charge in [-0.15, -0.1) is 0 Å². The maximum Gasteiger partial charge on any atom is 0.328 e. The van der Waals surface area contributed by atoms with Gasteiger partial charge in [0.15, 0.2) is 5.96 Å². The zero-order valence-corrected chi connectivity index (χ0v) is 16.6. The lowest BCUT2D eigenvalue weighted by Crippen LogP contribution is -2.38. The quantitative estimate of drug-likeness (QED) is 0.224. The number of benzene rings is 1. The van der Waals surface area contributed by atoms with Crippen molar-refractivity contribution in [3.63, 3.8) is 0 Å². The number of anilines is 2. The molecule has 0 aromatic heterocycles. The fourth-order valence-corrected chi connectivity index (χ4v) is 2.38. The first kappa shape index (κ1) is 23.9. The molecule has 1 aromatic rings. The molecule has 1 heterocycles. The fourth-order valence-electron chi connectivity index (χ4n) is 2.38. The van der Waals surface area contributed by atoms with Crippen LogP contribution in [0.5, 0.6) is 0 Å². The Morgan fingerprint density at radius 3 is 2.38 bits per heavy atom. The number of carboxylic acid groups (broad SMARTS) is 2. The molecule has 29 heavy (non-hydrogen) atoms. The van der Waals surface area contributed by atoms with E-state index >= 15 is 0 Å². The highest BCUT2D eigenvalue weighted by atomic mass is 16.5. The van der Waals surface area contributed by atoms with Gasteiger partial charge in [-0.2, -0.15) is 0 Å². The highest BCUT2D eigenvalue weighted by Crippen LogP contribution is 2.26. The summed E-state index contributed by atoms with van der Waals surface area (Å²) in [4.78, 5) is 25.7. The summed E-state index contributed by atoms with van der Waals surface area (Å²) in [6, 6.07) is 8.26. The maximum atomic E-state index is 9.55. The molecule has 10 nitrogen and oxygen atoms in total. The Hall–Kier alpha value is -3.11. The van der Waals surface area contributed by atoms with Gasteiger partial charge in [0.1, 0.15) is 0 Å². The third kappa shape index (κ3) is 10.1. The van der Waals surface area contributed by atoms with E-state index in [2.05, 4.69) is 38.7 Å². The van der Waals surface area contributed by atoms with Gasteiger partial charge in [0.05, 0.1) is 31.2 Å². The minimum Gasteiger partial charge on any atom is -0.478 e. The van der Waals surface area contributed by atoms with E-state index in [0.29, 0.717) is 18.8 Å². The largest absolute Gasteiger partial charge is 0.478 e. The highest BCUT2D eigenvalue weighted by Gasteiger charge is 2.14. The molecule has 0 bridgehead atoms.